The molecule has 0 aromatic carbocycles. The Morgan fingerprint density at radius 3 is 1.15 bits per heavy atom. The first-order chi connectivity index (χ1) is 30.0. The van der Waals surface area contributed by atoms with E-state index in [1.165, 1.54) is 64.2 Å². The molecule has 0 aromatic heterocycles. The fourth-order valence-corrected chi connectivity index (χ4v) is 6.37. The predicted molar refractivity (Wildman–Crippen MR) is 260 cm³/mol. The van der Waals surface area contributed by atoms with Crippen molar-refractivity contribution in [3.63, 3.8) is 0 Å². The van der Waals surface area contributed by atoms with Gasteiger partial charge in [-0.25, -0.2) is 0 Å². The summed E-state index contributed by atoms with van der Waals surface area (Å²) in [5, 5.41) is 0. The zero-order valence-corrected chi connectivity index (χ0v) is 39.4. The number of rotatable bonds is 43. The summed E-state index contributed by atoms with van der Waals surface area (Å²) in [6, 6.07) is 0. The van der Waals surface area contributed by atoms with E-state index >= 15 is 0 Å². The molecular formula is C55H90O6. The molecule has 0 aliphatic carbocycles. The van der Waals surface area contributed by atoms with E-state index in [0.29, 0.717) is 19.3 Å². The smallest absolute Gasteiger partial charge is 0.306 e. The minimum atomic E-state index is -0.813. The second kappa shape index (κ2) is 49.0. The first-order valence-electron chi connectivity index (χ1n) is 24.7. The van der Waals surface area contributed by atoms with Gasteiger partial charge in [-0.1, -0.05) is 208 Å². The molecule has 346 valence electrons. The highest BCUT2D eigenvalue weighted by Gasteiger charge is 2.19. The fourth-order valence-electron chi connectivity index (χ4n) is 6.37. The second-order valence-corrected chi connectivity index (χ2v) is 16.0. The summed E-state index contributed by atoms with van der Waals surface area (Å²) >= 11 is 0. The van der Waals surface area contributed by atoms with Crippen LogP contribution >= 0.6 is 0 Å². The van der Waals surface area contributed by atoms with Gasteiger partial charge in [0.15, 0.2) is 6.10 Å². The second-order valence-electron chi connectivity index (χ2n) is 16.0. The average molecular weight is 847 g/mol. The first-order valence-corrected chi connectivity index (χ1v) is 24.7. The number of esters is 3. The van der Waals surface area contributed by atoms with Gasteiger partial charge < -0.3 is 14.2 Å². The van der Waals surface area contributed by atoms with Crippen LogP contribution in [0.3, 0.4) is 0 Å². The van der Waals surface area contributed by atoms with E-state index in [1.54, 1.807) is 0 Å². The summed E-state index contributed by atoms with van der Waals surface area (Å²) in [6.45, 7) is 6.38. The van der Waals surface area contributed by atoms with Crippen molar-refractivity contribution in [1.29, 1.82) is 0 Å². The highest BCUT2D eigenvalue weighted by Crippen LogP contribution is 2.13. The normalized spacial score (nSPS) is 12.9. The Balaban J connectivity index is 4.51. The van der Waals surface area contributed by atoms with Crippen LogP contribution in [0.2, 0.25) is 0 Å². The summed E-state index contributed by atoms with van der Waals surface area (Å²) in [5.74, 6) is -1.02. The van der Waals surface area contributed by atoms with Crippen LogP contribution in [0.1, 0.15) is 213 Å². The Morgan fingerprint density at radius 1 is 0.344 bits per heavy atom. The molecule has 0 saturated carbocycles. The molecule has 0 aliphatic rings. The van der Waals surface area contributed by atoms with Gasteiger partial charge >= 0.3 is 17.9 Å². The van der Waals surface area contributed by atoms with Crippen LogP contribution in [-0.2, 0) is 28.6 Å². The molecule has 0 rings (SSSR count). The maximum Gasteiger partial charge on any atom is 0.306 e. The first kappa shape index (κ1) is 57.3. The fraction of sp³-hybridized carbons (Fsp3) is 0.655. The van der Waals surface area contributed by atoms with Crippen LogP contribution in [0.4, 0.5) is 0 Å². The zero-order valence-electron chi connectivity index (χ0n) is 39.4. The van der Waals surface area contributed by atoms with Crippen molar-refractivity contribution in [1.82, 2.24) is 0 Å². The molecule has 0 N–H and O–H groups in total. The summed E-state index contributed by atoms with van der Waals surface area (Å²) in [7, 11) is 0. The number of ether oxygens (including phenoxy) is 3. The Kier molecular flexibility index (Phi) is 46.0. The molecule has 0 aliphatic heterocycles. The lowest BCUT2D eigenvalue weighted by Crippen LogP contribution is -2.30. The van der Waals surface area contributed by atoms with Crippen LogP contribution < -0.4 is 0 Å². The minimum absolute atomic E-state index is 0.106. The monoisotopic (exact) mass is 847 g/mol. The van der Waals surface area contributed by atoms with Crippen molar-refractivity contribution < 1.29 is 28.6 Å². The molecule has 0 saturated heterocycles. The highest BCUT2D eigenvalue weighted by atomic mass is 16.6. The quantitative estimate of drug-likeness (QED) is 0.0263. The molecule has 6 nitrogen and oxygen atoms in total. The number of hydrogen-bond acceptors (Lipinski definition) is 6. The Hall–Kier alpha value is -3.67. The van der Waals surface area contributed by atoms with Crippen molar-refractivity contribution >= 4 is 17.9 Å². The molecule has 0 aromatic rings. The number of hydrogen-bond donors (Lipinski definition) is 0. The van der Waals surface area contributed by atoms with Gasteiger partial charge in [0, 0.05) is 19.3 Å². The van der Waals surface area contributed by atoms with Crippen molar-refractivity contribution in [3.8, 4) is 0 Å². The van der Waals surface area contributed by atoms with Crippen molar-refractivity contribution in [2.24, 2.45) is 0 Å². The molecule has 0 fully saturated rings. The van der Waals surface area contributed by atoms with Crippen molar-refractivity contribution in [2.75, 3.05) is 13.2 Å². The number of carbonyl (C=O) groups excluding carboxylic acids is 3. The van der Waals surface area contributed by atoms with Crippen molar-refractivity contribution in [2.45, 2.75) is 219 Å². The minimum Gasteiger partial charge on any atom is -0.462 e. The summed E-state index contributed by atoms with van der Waals surface area (Å²) in [4.78, 5) is 37.8. The van der Waals surface area contributed by atoms with Gasteiger partial charge in [-0.3, -0.25) is 14.4 Å². The SMILES string of the molecule is CC/C=C\C/C=C\C/C=C\C/C=C\C/C=C\C/C=C\CCC(=O)OCC(COC(=O)CCCCCCCCCCCC)OC(=O)CCCCCCC/C=C\C/C=C\CCCC. The Labute approximate surface area is 375 Å². The molecule has 1 atom stereocenters. The molecular weight excluding hydrogens is 757 g/mol. The molecule has 0 spiro atoms. The van der Waals surface area contributed by atoms with E-state index in [2.05, 4.69) is 106 Å². The number of unbranched alkanes of at least 4 members (excludes halogenated alkanes) is 16. The molecule has 0 amide bonds. The molecule has 0 radical (unpaired) electrons. The predicted octanol–water partition coefficient (Wildman–Crippen LogP) is 16.2. The lowest BCUT2D eigenvalue weighted by Gasteiger charge is -2.18. The van der Waals surface area contributed by atoms with E-state index < -0.39 is 6.10 Å². The lowest BCUT2D eigenvalue weighted by atomic mass is 10.1. The third kappa shape index (κ3) is 47.2. The molecule has 6 heteroatoms. The van der Waals surface area contributed by atoms with Crippen LogP contribution in [0.5, 0.6) is 0 Å². The van der Waals surface area contributed by atoms with Gasteiger partial charge in [0.2, 0.25) is 0 Å². The zero-order chi connectivity index (χ0) is 44.4. The number of allylic oxidation sites excluding steroid dienone is 16. The standard InChI is InChI=1S/C55H90O6/c1-4-7-10-13-16-19-22-24-26-27-28-29-30-32-33-36-39-42-45-48-54(57)60-51-52(50-59-53(56)47-44-41-38-35-21-18-15-12-9-6-3)61-55(58)49-46-43-40-37-34-31-25-23-20-17-14-11-8-5-2/h7,10,14,16-17,19,23-26,28-29,32-33,39,42,52H,4-6,8-9,11-13,15,18,20-22,27,30-31,34-38,40-41,43-51H2,1-3H3/b10-7-,17-14-,19-16-,25-23-,26-24-,29-28-,33-32-,42-39-. The van der Waals surface area contributed by atoms with Gasteiger partial charge in [-0.05, 0) is 83.5 Å². The maximum absolute atomic E-state index is 12.8. The molecule has 61 heavy (non-hydrogen) atoms. The Bertz CT molecular complexity index is 1250. The largest absolute Gasteiger partial charge is 0.462 e. The average Bonchev–Trinajstić information content (AvgIpc) is 3.26. The van der Waals surface area contributed by atoms with Gasteiger partial charge in [0.05, 0.1) is 0 Å². The number of carbonyl (C=O) groups is 3. The third-order valence-corrected chi connectivity index (χ3v) is 10.1. The van der Waals surface area contributed by atoms with Gasteiger partial charge in [0.25, 0.3) is 0 Å². The highest BCUT2D eigenvalue weighted by molar-refractivity contribution is 5.71. The van der Waals surface area contributed by atoms with Crippen LogP contribution in [0.15, 0.2) is 97.2 Å². The Morgan fingerprint density at radius 2 is 0.689 bits per heavy atom. The molecule has 0 heterocycles. The van der Waals surface area contributed by atoms with Gasteiger partial charge in [0.1, 0.15) is 13.2 Å². The summed E-state index contributed by atoms with van der Waals surface area (Å²) in [6.07, 6.45) is 64.0. The van der Waals surface area contributed by atoms with Gasteiger partial charge in [-0.15, -0.1) is 0 Å². The van der Waals surface area contributed by atoms with Gasteiger partial charge in [-0.2, -0.15) is 0 Å². The van der Waals surface area contributed by atoms with E-state index in [9.17, 15) is 14.4 Å². The maximum atomic E-state index is 12.8. The van der Waals surface area contributed by atoms with Crippen LogP contribution in [0.25, 0.3) is 0 Å². The molecule has 0 bridgehead atoms. The van der Waals surface area contributed by atoms with Crippen LogP contribution in [-0.4, -0.2) is 37.2 Å². The lowest BCUT2D eigenvalue weighted by molar-refractivity contribution is -0.166. The van der Waals surface area contributed by atoms with E-state index in [0.717, 1.165) is 103 Å². The summed E-state index contributed by atoms with van der Waals surface area (Å²) < 4.78 is 16.7. The summed E-state index contributed by atoms with van der Waals surface area (Å²) in [5.41, 5.74) is 0. The third-order valence-electron chi connectivity index (χ3n) is 10.1. The van der Waals surface area contributed by atoms with Crippen LogP contribution in [0, 0.1) is 0 Å². The van der Waals surface area contributed by atoms with E-state index in [4.69, 9.17) is 14.2 Å². The van der Waals surface area contributed by atoms with E-state index in [-0.39, 0.29) is 37.5 Å². The van der Waals surface area contributed by atoms with E-state index in [1.807, 2.05) is 12.2 Å². The molecule has 1 unspecified atom stereocenters. The van der Waals surface area contributed by atoms with Crippen molar-refractivity contribution in [3.05, 3.63) is 97.2 Å². The topological polar surface area (TPSA) is 78.9 Å².